The molecule has 4 nitrogen and oxygen atoms in total. The highest BCUT2D eigenvalue weighted by Crippen LogP contribution is 2.38. The van der Waals surface area contributed by atoms with Gasteiger partial charge in [-0.25, -0.2) is 0 Å². The fourth-order valence-corrected chi connectivity index (χ4v) is 4.72. The van der Waals surface area contributed by atoms with Crippen LogP contribution in [0.4, 0.5) is 0 Å². The number of nitrogens with zero attached hydrogens (tertiary/aromatic N) is 2. The number of benzene rings is 2. The minimum atomic E-state index is 0.168. The van der Waals surface area contributed by atoms with Gasteiger partial charge in [-0.3, -0.25) is 9.78 Å². The Hall–Kier alpha value is -2.88. The molecule has 1 amide bonds. The van der Waals surface area contributed by atoms with E-state index >= 15 is 0 Å². The van der Waals surface area contributed by atoms with Gasteiger partial charge in [-0.05, 0) is 41.8 Å². The summed E-state index contributed by atoms with van der Waals surface area (Å²) >= 11 is 0. The van der Waals surface area contributed by atoms with E-state index in [4.69, 9.17) is 4.74 Å². The predicted octanol–water partition coefficient (Wildman–Crippen LogP) is 4.45. The minimum Gasteiger partial charge on any atom is -0.490 e. The second-order valence-corrected chi connectivity index (χ2v) is 7.52. The first-order valence-corrected chi connectivity index (χ1v) is 9.67. The molecule has 2 aliphatic heterocycles. The standard InChI is InChI=1S/C23H22N2O2/c26-23(22-7-3-5-16-4-1-2-6-21(16)22)25-17-8-9-18(25)15-20(14-17)27-19-10-12-24-13-11-19/h1-7,10-13,17-18,20H,8-9,14-15H2. The summed E-state index contributed by atoms with van der Waals surface area (Å²) in [5.41, 5.74) is 0.818. The van der Waals surface area contributed by atoms with Crippen LogP contribution in [-0.2, 0) is 0 Å². The monoisotopic (exact) mass is 358 g/mol. The molecule has 2 bridgehead atoms. The molecule has 0 saturated carbocycles. The maximum Gasteiger partial charge on any atom is 0.254 e. The van der Waals surface area contributed by atoms with E-state index in [2.05, 4.69) is 22.0 Å². The third-order valence-electron chi connectivity index (χ3n) is 5.90. The molecule has 0 N–H and O–H groups in total. The second kappa shape index (κ2) is 6.69. The third-order valence-corrected chi connectivity index (χ3v) is 5.90. The zero-order valence-electron chi connectivity index (χ0n) is 15.1. The van der Waals surface area contributed by atoms with Crippen molar-refractivity contribution in [1.82, 2.24) is 9.88 Å². The molecule has 2 aliphatic rings. The minimum absolute atomic E-state index is 0.168. The highest BCUT2D eigenvalue weighted by molar-refractivity contribution is 6.07. The molecule has 2 fully saturated rings. The Balaban J connectivity index is 1.38. The lowest BCUT2D eigenvalue weighted by atomic mass is 9.97. The normalized spacial score (nSPS) is 24.1. The lowest BCUT2D eigenvalue weighted by Crippen LogP contribution is -2.49. The smallest absolute Gasteiger partial charge is 0.254 e. The molecule has 2 saturated heterocycles. The van der Waals surface area contributed by atoms with Crippen LogP contribution in [0, 0.1) is 0 Å². The maximum absolute atomic E-state index is 13.4. The van der Waals surface area contributed by atoms with Gasteiger partial charge in [0.05, 0.1) is 0 Å². The largest absolute Gasteiger partial charge is 0.490 e. The van der Waals surface area contributed by atoms with Crippen LogP contribution in [0.5, 0.6) is 5.75 Å². The molecule has 3 heterocycles. The van der Waals surface area contributed by atoms with Crippen LogP contribution in [0.1, 0.15) is 36.0 Å². The van der Waals surface area contributed by atoms with Crippen LogP contribution < -0.4 is 4.74 Å². The molecule has 2 atom stereocenters. The Morgan fingerprint density at radius 2 is 1.63 bits per heavy atom. The highest BCUT2D eigenvalue weighted by Gasteiger charge is 2.44. The summed E-state index contributed by atoms with van der Waals surface area (Å²) in [6.07, 6.45) is 7.60. The highest BCUT2D eigenvalue weighted by atomic mass is 16.5. The average Bonchev–Trinajstić information content (AvgIpc) is 2.98. The maximum atomic E-state index is 13.4. The number of hydrogen-bond acceptors (Lipinski definition) is 3. The van der Waals surface area contributed by atoms with E-state index in [1.54, 1.807) is 12.4 Å². The fourth-order valence-electron chi connectivity index (χ4n) is 4.72. The van der Waals surface area contributed by atoms with Crippen LogP contribution in [0.25, 0.3) is 10.8 Å². The summed E-state index contributed by atoms with van der Waals surface area (Å²) in [6, 6.07) is 18.5. The van der Waals surface area contributed by atoms with E-state index in [-0.39, 0.29) is 24.1 Å². The molecule has 3 aromatic rings. The van der Waals surface area contributed by atoms with E-state index in [0.29, 0.717) is 0 Å². The first-order valence-electron chi connectivity index (χ1n) is 9.67. The molecule has 4 heteroatoms. The fraction of sp³-hybridized carbons (Fsp3) is 0.304. The number of pyridine rings is 1. The lowest BCUT2D eigenvalue weighted by Gasteiger charge is -2.39. The molecular formula is C23H22N2O2. The Kier molecular flexibility index (Phi) is 4.04. The Morgan fingerprint density at radius 1 is 0.926 bits per heavy atom. The lowest BCUT2D eigenvalue weighted by molar-refractivity contribution is 0.0360. The van der Waals surface area contributed by atoms with E-state index in [0.717, 1.165) is 47.8 Å². The zero-order chi connectivity index (χ0) is 18.2. The van der Waals surface area contributed by atoms with Gasteiger partial charge in [0.1, 0.15) is 11.9 Å². The number of carbonyl (C=O) groups excluding carboxylic acids is 1. The van der Waals surface area contributed by atoms with Gasteiger partial charge in [-0.2, -0.15) is 0 Å². The summed E-state index contributed by atoms with van der Waals surface area (Å²) in [5, 5.41) is 2.16. The molecule has 0 aliphatic carbocycles. The molecule has 2 unspecified atom stereocenters. The van der Waals surface area contributed by atoms with Crippen molar-refractivity contribution in [2.75, 3.05) is 0 Å². The van der Waals surface area contributed by atoms with Crippen molar-refractivity contribution in [1.29, 1.82) is 0 Å². The summed E-state index contributed by atoms with van der Waals surface area (Å²) in [6.45, 7) is 0. The molecule has 2 aromatic carbocycles. The quantitative estimate of drug-likeness (QED) is 0.695. The molecule has 27 heavy (non-hydrogen) atoms. The van der Waals surface area contributed by atoms with Gasteiger partial charge in [-0.15, -0.1) is 0 Å². The van der Waals surface area contributed by atoms with E-state index < -0.39 is 0 Å². The van der Waals surface area contributed by atoms with Crippen molar-refractivity contribution in [2.24, 2.45) is 0 Å². The third kappa shape index (κ3) is 2.95. The van der Waals surface area contributed by atoms with Crippen molar-refractivity contribution < 1.29 is 9.53 Å². The molecular weight excluding hydrogens is 336 g/mol. The van der Waals surface area contributed by atoms with Crippen LogP contribution in [-0.4, -0.2) is 34.0 Å². The van der Waals surface area contributed by atoms with Crippen LogP contribution in [0.2, 0.25) is 0 Å². The predicted molar refractivity (Wildman–Crippen MR) is 105 cm³/mol. The van der Waals surface area contributed by atoms with Crippen molar-refractivity contribution in [3.05, 3.63) is 72.6 Å². The van der Waals surface area contributed by atoms with E-state index in [1.165, 1.54) is 0 Å². The molecule has 0 spiro atoms. The number of piperidine rings is 1. The van der Waals surface area contributed by atoms with Crippen molar-refractivity contribution >= 4 is 16.7 Å². The van der Waals surface area contributed by atoms with Crippen molar-refractivity contribution in [3.8, 4) is 5.75 Å². The van der Waals surface area contributed by atoms with Crippen LogP contribution >= 0.6 is 0 Å². The van der Waals surface area contributed by atoms with Gasteiger partial charge < -0.3 is 9.64 Å². The van der Waals surface area contributed by atoms with Gasteiger partial charge in [-0.1, -0.05) is 36.4 Å². The number of amides is 1. The van der Waals surface area contributed by atoms with Gasteiger partial charge in [0.25, 0.3) is 5.91 Å². The topological polar surface area (TPSA) is 42.4 Å². The Morgan fingerprint density at radius 3 is 2.41 bits per heavy atom. The van der Waals surface area contributed by atoms with Gasteiger partial charge >= 0.3 is 0 Å². The number of ether oxygens (including phenoxy) is 1. The Labute approximate surface area is 158 Å². The summed E-state index contributed by atoms with van der Waals surface area (Å²) in [7, 11) is 0. The molecule has 5 rings (SSSR count). The van der Waals surface area contributed by atoms with Gasteiger partial charge in [0.15, 0.2) is 0 Å². The molecule has 0 radical (unpaired) electrons. The van der Waals surface area contributed by atoms with Crippen molar-refractivity contribution in [2.45, 2.75) is 43.9 Å². The number of fused-ring (bicyclic) bond motifs is 3. The van der Waals surface area contributed by atoms with E-state index in [1.807, 2.05) is 42.5 Å². The van der Waals surface area contributed by atoms with E-state index in [9.17, 15) is 4.79 Å². The number of hydrogen-bond donors (Lipinski definition) is 0. The summed E-state index contributed by atoms with van der Waals surface area (Å²) in [5.74, 6) is 1.03. The zero-order valence-corrected chi connectivity index (χ0v) is 15.1. The number of aromatic nitrogens is 1. The Bertz CT molecular complexity index is 953. The van der Waals surface area contributed by atoms with Gasteiger partial charge in [0, 0.05) is 42.9 Å². The van der Waals surface area contributed by atoms with Gasteiger partial charge in [0.2, 0.25) is 0 Å². The molecule has 136 valence electrons. The number of rotatable bonds is 3. The summed E-state index contributed by atoms with van der Waals surface area (Å²) < 4.78 is 6.16. The second-order valence-electron chi connectivity index (χ2n) is 7.52. The first kappa shape index (κ1) is 16.3. The van der Waals surface area contributed by atoms with Crippen LogP contribution in [0.15, 0.2) is 67.0 Å². The molecule has 1 aromatic heterocycles. The average molecular weight is 358 g/mol. The first-order chi connectivity index (χ1) is 13.3. The summed E-state index contributed by atoms with van der Waals surface area (Å²) in [4.78, 5) is 19.6. The number of carbonyl (C=O) groups is 1. The van der Waals surface area contributed by atoms with Crippen molar-refractivity contribution in [3.63, 3.8) is 0 Å². The van der Waals surface area contributed by atoms with Crippen LogP contribution in [0.3, 0.4) is 0 Å². The SMILES string of the molecule is O=C(c1cccc2ccccc12)N1C2CCC1CC(Oc1ccncc1)C2.